The van der Waals surface area contributed by atoms with Gasteiger partial charge < -0.3 is 14.7 Å². The number of aliphatic carboxylic acids is 1. The average Bonchev–Trinajstić information content (AvgIpc) is 2.74. The lowest BCUT2D eigenvalue weighted by molar-refractivity contribution is -0.393. The largest absolute Gasteiger partial charge is 0.494 e. The number of methoxy groups -OCH3 is 1. The highest BCUT2D eigenvalue weighted by Crippen LogP contribution is 2.36. The van der Waals surface area contributed by atoms with Crippen LogP contribution in [0.3, 0.4) is 0 Å². The maximum atomic E-state index is 11.2. The van der Waals surface area contributed by atoms with Crippen molar-refractivity contribution in [2.45, 2.75) is 19.8 Å². The Balaban J connectivity index is 2.29. The molecule has 164 valence electrons. The molecule has 0 atom stereocenters. The smallest absolute Gasteiger partial charge is 0.303 e. The number of hydrogen-bond acceptors (Lipinski definition) is 9. The van der Waals surface area contributed by atoms with Crippen LogP contribution in [0, 0.1) is 20.2 Å². The van der Waals surface area contributed by atoms with Crippen LogP contribution in [0.2, 0.25) is 0 Å². The average molecular weight is 431 g/mol. The molecule has 2 aromatic carbocycles. The van der Waals surface area contributed by atoms with Gasteiger partial charge in [0.2, 0.25) is 0 Å². The van der Waals surface area contributed by atoms with Crippen LogP contribution in [0.5, 0.6) is 5.75 Å². The molecule has 0 bridgehead atoms. The monoisotopic (exact) mass is 431 g/mol. The zero-order valence-corrected chi connectivity index (χ0v) is 16.9. The fraction of sp³-hybridized carbons (Fsp3) is 0.316. The van der Waals surface area contributed by atoms with Crippen LogP contribution < -0.4 is 9.64 Å². The van der Waals surface area contributed by atoms with Crippen molar-refractivity contribution in [1.29, 1.82) is 0 Å². The normalized spacial score (nSPS) is 10.8. The summed E-state index contributed by atoms with van der Waals surface area (Å²) in [6, 6.07) is 8.17. The molecule has 0 aliphatic carbocycles. The Morgan fingerprint density at radius 3 is 2.35 bits per heavy atom. The summed E-state index contributed by atoms with van der Waals surface area (Å²) in [6.07, 6.45) is 0.546. The molecule has 0 aromatic heterocycles. The van der Waals surface area contributed by atoms with E-state index in [1.165, 1.54) is 7.11 Å². The van der Waals surface area contributed by atoms with E-state index >= 15 is 0 Å². The fourth-order valence-corrected chi connectivity index (χ4v) is 2.80. The molecule has 0 amide bonds. The van der Waals surface area contributed by atoms with E-state index in [1.54, 1.807) is 18.2 Å². The number of azo groups is 1. The molecular weight excluding hydrogens is 410 g/mol. The summed E-state index contributed by atoms with van der Waals surface area (Å²) >= 11 is 0. The van der Waals surface area contributed by atoms with Crippen LogP contribution in [0.15, 0.2) is 46.6 Å². The van der Waals surface area contributed by atoms with Crippen molar-refractivity contribution in [3.63, 3.8) is 0 Å². The molecule has 2 aromatic rings. The molecule has 31 heavy (non-hydrogen) atoms. The van der Waals surface area contributed by atoms with Gasteiger partial charge >= 0.3 is 11.7 Å². The molecule has 0 saturated carbocycles. The minimum Gasteiger partial charge on any atom is -0.494 e. The second-order valence-corrected chi connectivity index (χ2v) is 6.32. The van der Waals surface area contributed by atoms with Crippen molar-refractivity contribution < 1.29 is 24.5 Å². The van der Waals surface area contributed by atoms with Gasteiger partial charge in [0, 0.05) is 37.3 Å². The molecule has 0 saturated heterocycles. The Morgan fingerprint density at radius 1 is 1.10 bits per heavy atom. The number of nitrogens with zero attached hydrogens (tertiary/aromatic N) is 5. The molecule has 2 rings (SSSR count). The van der Waals surface area contributed by atoms with E-state index in [9.17, 15) is 25.0 Å². The molecule has 0 spiro atoms. The third kappa shape index (κ3) is 6.19. The van der Waals surface area contributed by atoms with Gasteiger partial charge in [-0.3, -0.25) is 25.0 Å². The first-order chi connectivity index (χ1) is 14.8. The summed E-state index contributed by atoms with van der Waals surface area (Å²) in [5, 5.41) is 38.7. The van der Waals surface area contributed by atoms with Crippen LogP contribution in [0.25, 0.3) is 0 Å². The maximum absolute atomic E-state index is 11.2. The van der Waals surface area contributed by atoms with Gasteiger partial charge in [0.25, 0.3) is 5.69 Å². The van der Waals surface area contributed by atoms with E-state index < -0.39 is 27.2 Å². The number of nitro benzene ring substituents is 2. The fourth-order valence-electron chi connectivity index (χ4n) is 2.80. The number of carboxylic acids is 1. The number of carbonyl (C=O) groups is 1. The van der Waals surface area contributed by atoms with Gasteiger partial charge in [0.05, 0.1) is 23.0 Å². The lowest BCUT2D eigenvalue weighted by atomic mass is 10.2. The van der Waals surface area contributed by atoms with Crippen molar-refractivity contribution in [2.24, 2.45) is 10.2 Å². The van der Waals surface area contributed by atoms with Gasteiger partial charge in [-0.05, 0) is 31.5 Å². The molecule has 1 N–H and O–H groups in total. The van der Waals surface area contributed by atoms with Gasteiger partial charge in [-0.2, -0.15) is 0 Å². The summed E-state index contributed by atoms with van der Waals surface area (Å²) in [4.78, 5) is 33.3. The summed E-state index contributed by atoms with van der Waals surface area (Å²) in [5.41, 5.74) is 0.00958. The van der Waals surface area contributed by atoms with Crippen molar-refractivity contribution in [2.75, 3.05) is 25.1 Å². The maximum Gasteiger partial charge on any atom is 0.303 e. The van der Waals surface area contributed by atoms with Crippen molar-refractivity contribution in [3.05, 3.63) is 56.6 Å². The number of hydrogen-bond donors (Lipinski definition) is 1. The standard InChI is InChI=1S/C19H21N5O7/c1-3-22(10-4-5-19(25)26)13-6-9-16(18(12-13)31-2)21-20-15-8-7-14(23(27)28)11-17(15)24(29)30/h6-9,11-12H,3-5,10H2,1-2H3,(H,25,26). The molecule has 12 heteroatoms. The second-order valence-electron chi connectivity index (χ2n) is 6.32. The summed E-state index contributed by atoms with van der Waals surface area (Å²) in [5.74, 6) is -0.493. The highest BCUT2D eigenvalue weighted by Gasteiger charge is 2.19. The number of non-ortho nitro benzene ring substituents is 1. The van der Waals surface area contributed by atoms with E-state index in [2.05, 4.69) is 10.2 Å². The number of rotatable bonds is 11. The van der Waals surface area contributed by atoms with E-state index in [-0.39, 0.29) is 12.1 Å². The molecule has 0 radical (unpaired) electrons. The predicted octanol–water partition coefficient (Wildman–Crippen LogP) is 4.62. The lowest BCUT2D eigenvalue weighted by Crippen LogP contribution is -2.24. The Labute approximate surface area is 177 Å². The molecule has 0 aliphatic heterocycles. The van der Waals surface area contributed by atoms with Crippen molar-refractivity contribution in [1.82, 2.24) is 0 Å². The molecule has 12 nitrogen and oxygen atoms in total. The minimum absolute atomic E-state index is 0.0634. The first-order valence-electron chi connectivity index (χ1n) is 9.26. The van der Waals surface area contributed by atoms with E-state index in [4.69, 9.17) is 9.84 Å². The predicted molar refractivity (Wildman–Crippen MR) is 112 cm³/mol. The summed E-state index contributed by atoms with van der Waals surface area (Å²) < 4.78 is 5.34. The zero-order chi connectivity index (χ0) is 23.0. The molecule has 0 fully saturated rings. The SMILES string of the molecule is CCN(CCCC(=O)O)c1ccc(N=Nc2ccc([N+](=O)[O-])cc2[N+](=O)[O-])c(OC)c1. The molecule has 0 heterocycles. The number of carboxylic acid groups (broad SMARTS) is 1. The number of benzene rings is 2. The number of nitro groups is 2. The van der Waals surface area contributed by atoms with Crippen LogP contribution in [-0.4, -0.2) is 41.1 Å². The third-order valence-electron chi connectivity index (χ3n) is 4.36. The van der Waals surface area contributed by atoms with Crippen molar-refractivity contribution in [3.8, 4) is 5.75 Å². The van der Waals surface area contributed by atoms with Crippen molar-refractivity contribution >= 4 is 34.4 Å². The van der Waals surface area contributed by atoms with Gasteiger partial charge in [-0.15, -0.1) is 10.2 Å². The number of anilines is 1. The van der Waals surface area contributed by atoms with Crippen LogP contribution >= 0.6 is 0 Å². The molecule has 0 unspecified atom stereocenters. The lowest BCUT2D eigenvalue weighted by Gasteiger charge is -2.23. The Morgan fingerprint density at radius 2 is 1.77 bits per heavy atom. The summed E-state index contributed by atoms with van der Waals surface area (Å²) in [6.45, 7) is 3.13. The van der Waals surface area contributed by atoms with Gasteiger partial charge in [-0.1, -0.05) is 0 Å². The zero-order valence-electron chi connectivity index (χ0n) is 16.9. The quantitative estimate of drug-likeness (QED) is 0.306. The second kappa shape index (κ2) is 10.6. The van der Waals surface area contributed by atoms with Gasteiger partial charge in [0.1, 0.15) is 11.4 Å². The summed E-state index contributed by atoms with van der Waals surface area (Å²) in [7, 11) is 1.44. The Kier molecular flexibility index (Phi) is 7.94. The highest BCUT2D eigenvalue weighted by molar-refractivity contribution is 5.67. The third-order valence-corrected chi connectivity index (χ3v) is 4.36. The van der Waals surface area contributed by atoms with E-state index in [1.807, 2.05) is 11.8 Å². The first-order valence-corrected chi connectivity index (χ1v) is 9.26. The van der Waals surface area contributed by atoms with Crippen LogP contribution in [-0.2, 0) is 4.79 Å². The molecule has 0 aliphatic rings. The van der Waals surface area contributed by atoms with E-state index in [0.29, 0.717) is 30.9 Å². The van der Waals surface area contributed by atoms with E-state index in [0.717, 1.165) is 23.9 Å². The van der Waals surface area contributed by atoms with Crippen LogP contribution in [0.1, 0.15) is 19.8 Å². The van der Waals surface area contributed by atoms with Crippen LogP contribution in [0.4, 0.5) is 28.4 Å². The first kappa shape index (κ1) is 23.2. The highest BCUT2D eigenvalue weighted by atomic mass is 16.6. The minimum atomic E-state index is -0.857. The Hall–Kier alpha value is -4.09. The molecular formula is C19H21N5O7. The Bertz CT molecular complexity index is 1010. The van der Waals surface area contributed by atoms with Gasteiger partial charge in [-0.25, -0.2) is 0 Å². The van der Waals surface area contributed by atoms with Gasteiger partial charge in [0.15, 0.2) is 5.69 Å². The number of ether oxygens (including phenoxy) is 1. The topological polar surface area (TPSA) is 161 Å².